The molecule has 5 aromatic rings. The van der Waals surface area contributed by atoms with Crippen LogP contribution in [0.2, 0.25) is 0 Å². The summed E-state index contributed by atoms with van der Waals surface area (Å²) in [6, 6.07) is 7.91. The lowest BCUT2D eigenvalue weighted by atomic mass is 9.98. The molecule has 1 amide bonds. The Morgan fingerprint density at radius 2 is 1.85 bits per heavy atom. The number of pyridine rings is 2. The van der Waals surface area contributed by atoms with Crippen molar-refractivity contribution in [3.63, 3.8) is 0 Å². The van der Waals surface area contributed by atoms with E-state index in [2.05, 4.69) is 15.3 Å². The van der Waals surface area contributed by atoms with Crippen molar-refractivity contribution in [3.8, 4) is 5.69 Å². The van der Waals surface area contributed by atoms with Crippen molar-refractivity contribution in [2.45, 2.75) is 78.5 Å². The van der Waals surface area contributed by atoms with Crippen molar-refractivity contribution < 1.29 is 32.2 Å². The molecule has 1 aliphatic rings. The third-order valence-corrected chi connectivity index (χ3v) is 9.60. The summed E-state index contributed by atoms with van der Waals surface area (Å²) in [5.74, 6) is -5.76. The minimum absolute atomic E-state index is 0.102. The van der Waals surface area contributed by atoms with Crippen LogP contribution in [0.5, 0.6) is 0 Å². The van der Waals surface area contributed by atoms with Gasteiger partial charge in [0, 0.05) is 50.4 Å². The summed E-state index contributed by atoms with van der Waals surface area (Å²) >= 11 is 0. The van der Waals surface area contributed by atoms with E-state index in [1.165, 1.54) is 54.2 Å². The first-order valence-electron chi connectivity index (χ1n) is 18.2. The molecule has 0 aliphatic carbocycles. The van der Waals surface area contributed by atoms with Crippen LogP contribution in [0.3, 0.4) is 0 Å². The van der Waals surface area contributed by atoms with Crippen molar-refractivity contribution >= 4 is 39.4 Å². The first-order valence-corrected chi connectivity index (χ1v) is 18.2. The molecular weight excluding hydrogens is 717 g/mol. The molecule has 0 spiro atoms. The quantitative estimate of drug-likeness (QED) is 0.179. The number of alkyl halides is 2. The van der Waals surface area contributed by atoms with Gasteiger partial charge in [-0.3, -0.25) is 24.1 Å². The van der Waals surface area contributed by atoms with Gasteiger partial charge in [-0.05, 0) is 61.7 Å². The molecule has 1 aliphatic heterocycles. The van der Waals surface area contributed by atoms with Crippen molar-refractivity contribution in [2.75, 3.05) is 24.7 Å². The SMILES string of the molecule is CC.CC[C@H](C)OC(=O)[C@H](Cc1ccc(-n2c(=O)c3ccncc3n(C)c2=O)c2ncccc12)NC(=O)c1c(C)cc(N2CCOC[C@@H]2C(C)(F)F)cc1F. The smallest absolute Gasteiger partial charge is 0.335 e. The van der Waals surface area contributed by atoms with Gasteiger partial charge in [-0.1, -0.05) is 32.9 Å². The normalized spacial score (nSPS) is 15.6. The van der Waals surface area contributed by atoms with E-state index >= 15 is 4.39 Å². The fraction of sp³-hybridized carbons (Fsp3) is 0.400. The number of aryl methyl sites for hydroxylation is 2. The second-order valence-electron chi connectivity index (χ2n) is 13.3. The summed E-state index contributed by atoms with van der Waals surface area (Å²) in [6.07, 6.45) is 4.27. The van der Waals surface area contributed by atoms with Crippen LogP contribution in [0.25, 0.3) is 27.5 Å². The summed E-state index contributed by atoms with van der Waals surface area (Å²) in [5, 5.41) is 3.40. The number of hydrogen-bond acceptors (Lipinski definition) is 9. The van der Waals surface area contributed by atoms with Crippen LogP contribution in [0, 0.1) is 12.7 Å². The van der Waals surface area contributed by atoms with Gasteiger partial charge in [0.25, 0.3) is 17.4 Å². The second kappa shape index (κ2) is 16.8. The van der Waals surface area contributed by atoms with Crippen LogP contribution in [-0.2, 0) is 27.7 Å². The molecule has 0 radical (unpaired) electrons. The molecule has 292 valence electrons. The molecule has 1 N–H and O–H groups in total. The average Bonchev–Trinajstić information content (AvgIpc) is 3.17. The Hall–Kier alpha value is -5.57. The molecule has 12 nitrogen and oxygen atoms in total. The summed E-state index contributed by atoms with van der Waals surface area (Å²) in [4.78, 5) is 64.4. The number of aromatic nitrogens is 4. The van der Waals surface area contributed by atoms with Crippen LogP contribution in [0.1, 0.15) is 62.5 Å². The number of esters is 1. The second-order valence-corrected chi connectivity index (χ2v) is 13.3. The predicted octanol–water partition coefficient (Wildman–Crippen LogP) is 5.65. The Morgan fingerprint density at radius 3 is 2.55 bits per heavy atom. The Bertz CT molecular complexity index is 2320. The summed E-state index contributed by atoms with van der Waals surface area (Å²) in [5.41, 5.74) is 0.184. The minimum atomic E-state index is -3.14. The van der Waals surface area contributed by atoms with Gasteiger partial charge in [0.15, 0.2) is 0 Å². The maximum absolute atomic E-state index is 15.8. The maximum atomic E-state index is 15.8. The molecular formula is C40H45F3N6O6. The van der Waals surface area contributed by atoms with Gasteiger partial charge < -0.3 is 19.7 Å². The summed E-state index contributed by atoms with van der Waals surface area (Å²) < 4.78 is 57.9. The number of nitrogens with one attached hydrogen (secondary N) is 1. The van der Waals surface area contributed by atoms with E-state index < -0.39 is 53.1 Å². The van der Waals surface area contributed by atoms with Gasteiger partial charge in [0.05, 0.1) is 53.2 Å². The van der Waals surface area contributed by atoms with E-state index in [1.54, 1.807) is 31.2 Å². The van der Waals surface area contributed by atoms with Crippen LogP contribution < -0.4 is 21.5 Å². The number of halogens is 3. The highest BCUT2D eigenvalue weighted by Gasteiger charge is 2.41. The number of carbonyl (C=O) groups excluding carboxylic acids is 2. The van der Waals surface area contributed by atoms with E-state index in [4.69, 9.17) is 9.47 Å². The molecule has 2 aromatic carbocycles. The van der Waals surface area contributed by atoms with Crippen molar-refractivity contribution in [3.05, 3.63) is 104 Å². The van der Waals surface area contributed by atoms with E-state index in [0.717, 1.165) is 17.6 Å². The zero-order chi connectivity index (χ0) is 40.2. The third-order valence-electron chi connectivity index (χ3n) is 9.60. The number of amides is 1. The van der Waals surface area contributed by atoms with Crippen LogP contribution in [-0.4, -0.2) is 74.8 Å². The van der Waals surface area contributed by atoms with Crippen molar-refractivity contribution in [1.82, 2.24) is 24.4 Å². The molecule has 4 heterocycles. The highest BCUT2D eigenvalue weighted by molar-refractivity contribution is 5.99. The molecule has 0 bridgehead atoms. The van der Waals surface area contributed by atoms with Gasteiger partial charge in [-0.15, -0.1) is 0 Å². The van der Waals surface area contributed by atoms with Gasteiger partial charge in [-0.25, -0.2) is 27.3 Å². The lowest BCUT2D eigenvalue weighted by Gasteiger charge is -2.40. The van der Waals surface area contributed by atoms with Gasteiger partial charge in [0.1, 0.15) is 17.9 Å². The van der Waals surface area contributed by atoms with Crippen molar-refractivity contribution in [2.24, 2.45) is 7.05 Å². The third kappa shape index (κ3) is 8.26. The van der Waals surface area contributed by atoms with E-state index in [1.807, 2.05) is 20.8 Å². The summed E-state index contributed by atoms with van der Waals surface area (Å²) in [6.45, 7) is 9.82. The first-order chi connectivity index (χ1) is 26.2. The molecule has 0 unspecified atom stereocenters. The fourth-order valence-corrected chi connectivity index (χ4v) is 6.60. The zero-order valence-electron chi connectivity index (χ0n) is 31.9. The highest BCUT2D eigenvalue weighted by Crippen LogP contribution is 2.32. The molecule has 3 atom stereocenters. The van der Waals surface area contributed by atoms with Gasteiger partial charge in [0.2, 0.25) is 0 Å². The van der Waals surface area contributed by atoms with Crippen molar-refractivity contribution in [1.29, 1.82) is 0 Å². The highest BCUT2D eigenvalue weighted by atomic mass is 19.3. The van der Waals surface area contributed by atoms with E-state index in [-0.39, 0.29) is 59.6 Å². The number of fused-ring (bicyclic) bond motifs is 2. The first kappa shape index (κ1) is 40.6. The molecule has 1 fully saturated rings. The Morgan fingerprint density at radius 1 is 1.11 bits per heavy atom. The number of rotatable bonds is 10. The monoisotopic (exact) mass is 762 g/mol. The zero-order valence-corrected chi connectivity index (χ0v) is 31.9. The molecule has 55 heavy (non-hydrogen) atoms. The Balaban J connectivity index is 0.00000285. The lowest BCUT2D eigenvalue weighted by molar-refractivity contribution is -0.150. The maximum Gasteiger partial charge on any atom is 0.335 e. The predicted molar refractivity (Wildman–Crippen MR) is 204 cm³/mol. The van der Waals surface area contributed by atoms with Gasteiger partial charge >= 0.3 is 11.7 Å². The summed E-state index contributed by atoms with van der Waals surface area (Å²) in [7, 11) is 1.53. The van der Waals surface area contributed by atoms with Crippen LogP contribution >= 0.6 is 0 Å². The largest absolute Gasteiger partial charge is 0.461 e. The van der Waals surface area contributed by atoms with E-state index in [9.17, 15) is 28.0 Å². The average molecular weight is 763 g/mol. The molecule has 15 heteroatoms. The number of benzene rings is 2. The van der Waals surface area contributed by atoms with Crippen LogP contribution in [0.4, 0.5) is 18.9 Å². The fourth-order valence-electron chi connectivity index (χ4n) is 6.60. The number of hydrogen-bond donors (Lipinski definition) is 1. The number of carbonyl (C=O) groups is 2. The lowest BCUT2D eigenvalue weighted by Crippen LogP contribution is -2.54. The Kier molecular flexibility index (Phi) is 12.4. The molecule has 0 saturated carbocycles. The Labute approximate surface area is 315 Å². The standard InChI is InChI=1S/C38H39F3N6O6.C2H6/c1-6-22(3)53-36(50)28(44-34(48)32-21(2)16-24(18-27(32)39)46-14-15-52-20-31(46)38(4,40)41)17-23-9-10-29(33-25(23)8-7-12-43-33)47-35(49)26-11-13-42-19-30(26)45(5)37(47)51;1-2/h7-13,16,18-19,22,28,31H,6,14-15,17,20H2,1-5H3,(H,44,48);1-2H3/t22-,28-,31+;/m0./s1. The molecule has 6 rings (SSSR count). The minimum Gasteiger partial charge on any atom is -0.461 e. The number of anilines is 1. The molecule has 3 aromatic heterocycles. The molecule has 1 saturated heterocycles. The number of morpholine rings is 1. The number of nitrogens with zero attached hydrogens (tertiary/aromatic N) is 5. The van der Waals surface area contributed by atoms with E-state index in [0.29, 0.717) is 22.9 Å². The van der Waals surface area contributed by atoms with Gasteiger partial charge in [-0.2, -0.15) is 0 Å². The number of ether oxygens (including phenoxy) is 2. The topological polar surface area (TPSA) is 138 Å². The van der Waals surface area contributed by atoms with Crippen LogP contribution in [0.15, 0.2) is 70.6 Å².